The van der Waals surface area contributed by atoms with E-state index in [1.807, 2.05) is 0 Å². The fourth-order valence-electron chi connectivity index (χ4n) is 3.30. The number of ether oxygens (including phenoxy) is 2. The van der Waals surface area contributed by atoms with E-state index in [0.717, 1.165) is 18.6 Å². The molecule has 1 saturated heterocycles. The molecule has 0 aliphatic carbocycles. The third kappa shape index (κ3) is 4.68. The number of carbonyl (C=O) groups excluding carboxylic acids is 1. The molecular weight excluding hydrogens is 399 g/mol. The molecule has 1 aliphatic rings. The van der Waals surface area contributed by atoms with Gasteiger partial charge in [0.05, 0.1) is 19.1 Å². The first kappa shape index (κ1) is 21.1. The predicted molar refractivity (Wildman–Crippen MR) is 106 cm³/mol. The number of amides is 1. The van der Waals surface area contributed by atoms with E-state index in [1.165, 1.54) is 30.7 Å². The molecule has 7 nitrogen and oxygen atoms in total. The van der Waals surface area contributed by atoms with Crippen molar-refractivity contribution in [2.75, 3.05) is 26.1 Å². The van der Waals surface area contributed by atoms with Gasteiger partial charge in [-0.1, -0.05) is 6.42 Å². The molecule has 2 aromatic carbocycles. The zero-order valence-corrected chi connectivity index (χ0v) is 17.0. The third-order valence-corrected chi connectivity index (χ3v) is 6.72. The monoisotopic (exact) mass is 422 g/mol. The Balaban J connectivity index is 1.86. The number of nitrogens with zero attached hydrogens (tertiary/aromatic N) is 1. The van der Waals surface area contributed by atoms with Gasteiger partial charge in [-0.3, -0.25) is 4.79 Å². The van der Waals surface area contributed by atoms with E-state index in [-0.39, 0.29) is 11.4 Å². The fourth-order valence-corrected chi connectivity index (χ4v) is 4.96. The number of hydrogen-bond donors (Lipinski definition) is 1. The Kier molecular flexibility index (Phi) is 6.39. The number of nitrogens with one attached hydrogen (secondary N) is 1. The van der Waals surface area contributed by atoms with Crippen LogP contribution in [-0.2, 0) is 14.8 Å². The highest BCUT2D eigenvalue weighted by Gasteiger charge is 2.37. The lowest BCUT2D eigenvalue weighted by atomic mass is 10.0. The van der Waals surface area contributed by atoms with Crippen LogP contribution < -0.4 is 14.8 Å². The Morgan fingerprint density at radius 3 is 2.28 bits per heavy atom. The Labute approximate surface area is 169 Å². The van der Waals surface area contributed by atoms with E-state index in [1.54, 1.807) is 18.2 Å². The number of methoxy groups -OCH3 is 2. The molecule has 156 valence electrons. The first-order chi connectivity index (χ1) is 13.8. The summed E-state index contributed by atoms with van der Waals surface area (Å²) in [6.45, 7) is 0.221. The highest BCUT2D eigenvalue weighted by Crippen LogP contribution is 2.29. The van der Waals surface area contributed by atoms with Gasteiger partial charge in [0.2, 0.25) is 15.9 Å². The summed E-state index contributed by atoms with van der Waals surface area (Å²) in [5.41, 5.74) is 0.441. The van der Waals surface area contributed by atoms with Gasteiger partial charge in [-0.25, -0.2) is 12.8 Å². The van der Waals surface area contributed by atoms with Crippen molar-refractivity contribution in [3.63, 3.8) is 0 Å². The van der Waals surface area contributed by atoms with Crippen LogP contribution in [0.2, 0.25) is 0 Å². The highest BCUT2D eigenvalue weighted by molar-refractivity contribution is 7.89. The second kappa shape index (κ2) is 8.79. The number of hydrogen-bond acceptors (Lipinski definition) is 5. The molecule has 0 bridgehead atoms. The second-order valence-electron chi connectivity index (χ2n) is 6.67. The Bertz CT molecular complexity index is 957. The van der Waals surface area contributed by atoms with Crippen molar-refractivity contribution >= 4 is 21.6 Å². The molecule has 1 heterocycles. The van der Waals surface area contributed by atoms with Crippen molar-refractivity contribution < 1.29 is 27.1 Å². The lowest BCUT2D eigenvalue weighted by Crippen LogP contribution is -2.49. The molecule has 0 spiro atoms. The standard InChI is InChI=1S/C20H23FN2O5S/c1-27-16-11-15(12-17(13-16)28-2)22-20(24)19-5-3-4-10-23(19)29(25,26)18-8-6-14(21)7-9-18/h6-9,11-13,19H,3-5,10H2,1-2H3,(H,22,24). The van der Waals surface area contributed by atoms with Crippen LogP contribution in [0.5, 0.6) is 11.5 Å². The smallest absolute Gasteiger partial charge is 0.243 e. The Morgan fingerprint density at radius 1 is 1.07 bits per heavy atom. The van der Waals surface area contributed by atoms with Crippen LogP contribution in [0.15, 0.2) is 47.4 Å². The van der Waals surface area contributed by atoms with Gasteiger partial charge in [0.1, 0.15) is 23.4 Å². The van der Waals surface area contributed by atoms with Gasteiger partial charge in [-0.15, -0.1) is 0 Å². The molecule has 0 radical (unpaired) electrons. The molecule has 0 saturated carbocycles. The maximum atomic E-state index is 13.2. The van der Waals surface area contributed by atoms with Crippen LogP contribution in [0.1, 0.15) is 19.3 Å². The topological polar surface area (TPSA) is 84.9 Å². The predicted octanol–water partition coefficient (Wildman–Crippen LogP) is 3.02. The lowest BCUT2D eigenvalue weighted by Gasteiger charge is -2.33. The number of carbonyl (C=O) groups is 1. The van der Waals surface area contributed by atoms with E-state index >= 15 is 0 Å². The third-order valence-electron chi connectivity index (χ3n) is 4.80. The van der Waals surface area contributed by atoms with Crippen LogP contribution in [0.25, 0.3) is 0 Å². The van der Waals surface area contributed by atoms with Crippen molar-refractivity contribution in [3.8, 4) is 11.5 Å². The first-order valence-electron chi connectivity index (χ1n) is 9.16. The van der Waals surface area contributed by atoms with Crippen molar-refractivity contribution in [1.29, 1.82) is 0 Å². The van der Waals surface area contributed by atoms with Gasteiger partial charge < -0.3 is 14.8 Å². The maximum absolute atomic E-state index is 13.2. The quantitative estimate of drug-likeness (QED) is 0.774. The molecule has 3 rings (SSSR count). The SMILES string of the molecule is COc1cc(NC(=O)C2CCCCN2S(=O)(=O)c2ccc(F)cc2)cc(OC)c1. The fraction of sp³-hybridized carbons (Fsp3) is 0.350. The largest absolute Gasteiger partial charge is 0.497 e. The van der Waals surface area contributed by atoms with E-state index in [2.05, 4.69) is 5.32 Å². The zero-order chi connectivity index (χ0) is 21.0. The van der Waals surface area contributed by atoms with E-state index in [4.69, 9.17) is 9.47 Å². The number of benzene rings is 2. The van der Waals surface area contributed by atoms with Gasteiger partial charge in [0, 0.05) is 30.4 Å². The number of sulfonamides is 1. The summed E-state index contributed by atoms with van der Waals surface area (Å²) in [5, 5.41) is 2.76. The van der Waals surface area contributed by atoms with Gasteiger partial charge in [-0.2, -0.15) is 4.31 Å². The minimum atomic E-state index is -3.93. The highest BCUT2D eigenvalue weighted by atomic mass is 32.2. The molecule has 1 N–H and O–H groups in total. The summed E-state index contributed by atoms with van der Waals surface area (Å²) in [4.78, 5) is 12.9. The number of rotatable bonds is 6. The van der Waals surface area contributed by atoms with Crippen LogP contribution in [0.4, 0.5) is 10.1 Å². The van der Waals surface area contributed by atoms with Crippen molar-refractivity contribution in [1.82, 2.24) is 4.31 Å². The van der Waals surface area contributed by atoms with Crippen molar-refractivity contribution in [3.05, 3.63) is 48.3 Å². The summed E-state index contributed by atoms with van der Waals surface area (Å²) >= 11 is 0. The molecule has 1 amide bonds. The average Bonchev–Trinajstić information content (AvgIpc) is 2.73. The van der Waals surface area contributed by atoms with Crippen LogP contribution in [0.3, 0.4) is 0 Å². The summed E-state index contributed by atoms with van der Waals surface area (Å²) in [5.74, 6) is 0.0349. The van der Waals surface area contributed by atoms with E-state index in [0.29, 0.717) is 30.0 Å². The minimum absolute atomic E-state index is 0.0401. The first-order valence-corrected chi connectivity index (χ1v) is 10.6. The van der Waals surface area contributed by atoms with Gasteiger partial charge in [0.15, 0.2) is 0 Å². The van der Waals surface area contributed by atoms with Gasteiger partial charge >= 0.3 is 0 Å². The molecule has 9 heteroatoms. The van der Waals surface area contributed by atoms with Crippen LogP contribution in [0, 0.1) is 5.82 Å². The summed E-state index contributed by atoms with van der Waals surface area (Å²) < 4.78 is 50.9. The molecule has 1 atom stereocenters. The summed E-state index contributed by atoms with van der Waals surface area (Å²) in [7, 11) is -0.937. The van der Waals surface area contributed by atoms with Crippen LogP contribution >= 0.6 is 0 Å². The number of anilines is 1. The molecule has 1 aliphatic heterocycles. The van der Waals surface area contributed by atoms with E-state index in [9.17, 15) is 17.6 Å². The lowest BCUT2D eigenvalue weighted by molar-refractivity contribution is -0.120. The molecule has 2 aromatic rings. The zero-order valence-electron chi connectivity index (χ0n) is 16.2. The molecule has 1 unspecified atom stereocenters. The average molecular weight is 422 g/mol. The van der Waals surface area contributed by atoms with Crippen molar-refractivity contribution in [2.45, 2.75) is 30.2 Å². The number of piperidine rings is 1. The maximum Gasteiger partial charge on any atom is 0.243 e. The normalized spacial score (nSPS) is 17.6. The molecule has 1 fully saturated rings. The Morgan fingerprint density at radius 2 is 1.69 bits per heavy atom. The van der Waals surface area contributed by atoms with Gasteiger partial charge in [0.25, 0.3) is 0 Å². The second-order valence-corrected chi connectivity index (χ2v) is 8.56. The Hall–Kier alpha value is -2.65. The molecular formula is C20H23FN2O5S. The van der Waals surface area contributed by atoms with Gasteiger partial charge in [-0.05, 0) is 37.1 Å². The number of halogens is 1. The van der Waals surface area contributed by atoms with E-state index < -0.39 is 27.8 Å². The van der Waals surface area contributed by atoms with Crippen molar-refractivity contribution in [2.24, 2.45) is 0 Å². The summed E-state index contributed by atoms with van der Waals surface area (Å²) in [6.07, 6.45) is 1.78. The minimum Gasteiger partial charge on any atom is -0.497 e. The molecule has 29 heavy (non-hydrogen) atoms. The summed E-state index contributed by atoms with van der Waals surface area (Å²) in [6, 6.07) is 8.66. The molecule has 0 aromatic heterocycles. The van der Waals surface area contributed by atoms with Crippen LogP contribution in [-0.4, -0.2) is 45.4 Å².